The number of phenolic OH excluding ortho intramolecular Hbond substituents is 1. The van der Waals surface area contributed by atoms with E-state index in [1.165, 1.54) is 12.1 Å². The molecule has 1 aromatic rings. The second kappa shape index (κ2) is 5.29. The monoisotopic (exact) mass is 235 g/mol. The van der Waals surface area contributed by atoms with Gasteiger partial charge in [0.25, 0.3) is 0 Å². The van der Waals surface area contributed by atoms with E-state index in [-0.39, 0.29) is 17.6 Å². The van der Waals surface area contributed by atoms with Crippen LogP contribution in [0.5, 0.6) is 5.75 Å². The van der Waals surface area contributed by atoms with E-state index in [0.717, 1.165) is 19.4 Å². The number of Topliss-reactive ketones (excluding diaryl/α,β-unsaturated/α-hetero) is 1. The Bertz CT molecular complexity index is 388. The Kier molecular flexibility index (Phi) is 3.76. The maximum absolute atomic E-state index is 11.9. The lowest BCUT2D eigenvalue weighted by atomic mass is 10.1. The number of carbonyl (C=O) groups is 1. The molecule has 4 nitrogen and oxygen atoms in total. The van der Waals surface area contributed by atoms with Gasteiger partial charge in [0, 0.05) is 12.1 Å². The fourth-order valence-corrected chi connectivity index (χ4v) is 2.12. The minimum atomic E-state index is -0.309. The van der Waals surface area contributed by atoms with Crippen LogP contribution in [-0.4, -0.2) is 46.6 Å². The van der Waals surface area contributed by atoms with Crippen molar-refractivity contribution in [1.29, 1.82) is 0 Å². The number of nitrogens with zero attached hydrogens (tertiary/aromatic N) is 1. The number of rotatable bonds is 3. The molecule has 0 aliphatic carbocycles. The maximum atomic E-state index is 11.9. The van der Waals surface area contributed by atoms with E-state index < -0.39 is 0 Å². The molecule has 17 heavy (non-hydrogen) atoms. The van der Waals surface area contributed by atoms with Crippen molar-refractivity contribution in [2.75, 3.05) is 19.6 Å². The molecule has 1 fully saturated rings. The van der Waals surface area contributed by atoms with Crippen molar-refractivity contribution in [2.24, 2.45) is 0 Å². The Hall–Kier alpha value is -1.39. The molecule has 0 radical (unpaired) electrons. The molecular formula is C13H17NO3. The zero-order valence-electron chi connectivity index (χ0n) is 9.67. The van der Waals surface area contributed by atoms with E-state index in [9.17, 15) is 9.90 Å². The molecule has 1 unspecified atom stereocenters. The number of ketones is 1. The van der Waals surface area contributed by atoms with Crippen LogP contribution in [0, 0.1) is 0 Å². The van der Waals surface area contributed by atoms with Gasteiger partial charge in [0.15, 0.2) is 5.78 Å². The molecule has 1 heterocycles. The summed E-state index contributed by atoms with van der Waals surface area (Å²) in [5.74, 6) is 0.189. The number of benzene rings is 1. The average molecular weight is 235 g/mol. The van der Waals surface area contributed by atoms with Gasteiger partial charge < -0.3 is 10.2 Å². The second-order valence-corrected chi connectivity index (χ2v) is 4.50. The third kappa shape index (κ3) is 3.28. The minimum Gasteiger partial charge on any atom is -0.508 e. The fourth-order valence-electron chi connectivity index (χ4n) is 2.12. The normalized spacial score (nSPS) is 21.4. The average Bonchev–Trinajstić information content (AvgIpc) is 2.29. The molecule has 2 rings (SSSR count). The second-order valence-electron chi connectivity index (χ2n) is 4.50. The van der Waals surface area contributed by atoms with Gasteiger partial charge in [-0.1, -0.05) is 0 Å². The van der Waals surface area contributed by atoms with E-state index >= 15 is 0 Å². The van der Waals surface area contributed by atoms with E-state index in [4.69, 9.17) is 5.11 Å². The molecule has 0 spiro atoms. The molecule has 0 bridgehead atoms. The predicted octanol–water partition coefficient (Wildman–Crippen LogP) is 1.03. The number of carbonyl (C=O) groups excluding carboxylic acids is 1. The molecule has 0 amide bonds. The number of likely N-dealkylation sites (tertiary alicyclic amines) is 1. The number of aromatic hydroxyl groups is 1. The van der Waals surface area contributed by atoms with E-state index in [2.05, 4.69) is 0 Å². The molecule has 1 saturated heterocycles. The van der Waals surface area contributed by atoms with Crippen LogP contribution in [0.2, 0.25) is 0 Å². The SMILES string of the molecule is O=C(CN1CCCC(O)C1)c1ccc(O)cc1. The molecule has 1 aromatic carbocycles. The highest BCUT2D eigenvalue weighted by Gasteiger charge is 2.20. The van der Waals surface area contributed by atoms with Crippen molar-refractivity contribution >= 4 is 5.78 Å². The van der Waals surface area contributed by atoms with Crippen molar-refractivity contribution < 1.29 is 15.0 Å². The van der Waals surface area contributed by atoms with Crippen LogP contribution >= 0.6 is 0 Å². The third-order valence-electron chi connectivity index (χ3n) is 3.04. The van der Waals surface area contributed by atoms with Gasteiger partial charge in [-0.05, 0) is 43.7 Å². The molecule has 1 aliphatic rings. The lowest BCUT2D eigenvalue weighted by molar-refractivity contribution is 0.0634. The molecule has 4 heteroatoms. The smallest absolute Gasteiger partial charge is 0.176 e. The summed E-state index contributed by atoms with van der Waals surface area (Å²) < 4.78 is 0. The lowest BCUT2D eigenvalue weighted by Gasteiger charge is -2.29. The zero-order valence-corrected chi connectivity index (χ0v) is 9.67. The van der Waals surface area contributed by atoms with Gasteiger partial charge in [0.05, 0.1) is 12.6 Å². The Balaban J connectivity index is 1.94. The Labute approximate surface area is 100 Å². The van der Waals surface area contributed by atoms with Crippen molar-refractivity contribution in [2.45, 2.75) is 18.9 Å². The molecule has 0 aromatic heterocycles. The summed E-state index contributed by atoms with van der Waals surface area (Å²) in [4.78, 5) is 13.9. The number of β-amino-alcohol motifs (C(OH)–C–C–N with tert-alkyl or cyclic N) is 1. The van der Waals surface area contributed by atoms with Gasteiger partial charge in [0.2, 0.25) is 0 Å². The first-order valence-corrected chi connectivity index (χ1v) is 5.88. The van der Waals surface area contributed by atoms with Crippen LogP contribution in [-0.2, 0) is 0 Å². The molecule has 1 atom stereocenters. The highest BCUT2D eigenvalue weighted by molar-refractivity contribution is 5.97. The summed E-state index contributed by atoms with van der Waals surface area (Å²) in [5.41, 5.74) is 0.600. The third-order valence-corrected chi connectivity index (χ3v) is 3.04. The van der Waals surface area contributed by atoms with Crippen LogP contribution in [0.1, 0.15) is 23.2 Å². The fraction of sp³-hybridized carbons (Fsp3) is 0.462. The molecular weight excluding hydrogens is 218 g/mol. The molecule has 1 aliphatic heterocycles. The summed E-state index contributed by atoms with van der Waals surface area (Å²) in [6.07, 6.45) is 1.45. The van der Waals surface area contributed by atoms with Crippen molar-refractivity contribution in [3.05, 3.63) is 29.8 Å². The summed E-state index contributed by atoms with van der Waals surface area (Å²) in [7, 11) is 0. The molecule has 0 saturated carbocycles. The zero-order chi connectivity index (χ0) is 12.3. The van der Waals surface area contributed by atoms with Crippen LogP contribution in [0.3, 0.4) is 0 Å². The first-order chi connectivity index (χ1) is 8.15. The summed E-state index contributed by atoms with van der Waals surface area (Å²) in [6.45, 7) is 1.77. The van der Waals surface area contributed by atoms with Crippen molar-refractivity contribution in [1.82, 2.24) is 4.90 Å². The van der Waals surface area contributed by atoms with E-state index in [1.54, 1.807) is 12.1 Å². The van der Waals surface area contributed by atoms with Gasteiger partial charge in [-0.25, -0.2) is 0 Å². The number of piperidine rings is 1. The summed E-state index contributed by atoms with van der Waals surface area (Å²) >= 11 is 0. The number of aliphatic hydroxyl groups is 1. The van der Waals surface area contributed by atoms with Crippen molar-refractivity contribution in [3.63, 3.8) is 0 Å². The number of aliphatic hydroxyl groups excluding tert-OH is 1. The van der Waals surface area contributed by atoms with E-state index in [1.807, 2.05) is 4.90 Å². The number of hydrogen-bond donors (Lipinski definition) is 2. The van der Waals surface area contributed by atoms with Gasteiger partial charge in [0.1, 0.15) is 5.75 Å². The standard InChI is InChI=1S/C13H17NO3/c15-11-5-3-10(4-6-11)13(17)9-14-7-1-2-12(16)8-14/h3-6,12,15-16H,1-2,7-9H2. The number of hydrogen-bond acceptors (Lipinski definition) is 4. The minimum absolute atomic E-state index is 0.0269. The topological polar surface area (TPSA) is 60.8 Å². The Morgan fingerprint density at radius 1 is 1.35 bits per heavy atom. The summed E-state index contributed by atoms with van der Waals surface area (Å²) in [6, 6.07) is 6.27. The van der Waals surface area contributed by atoms with Gasteiger partial charge in [-0.15, -0.1) is 0 Å². The largest absolute Gasteiger partial charge is 0.508 e. The molecule has 2 N–H and O–H groups in total. The van der Waals surface area contributed by atoms with Crippen LogP contribution in [0.25, 0.3) is 0 Å². The highest BCUT2D eigenvalue weighted by atomic mass is 16.3. The Morgan fingerprint density at radius 3 is 2.71 bits per heavy atom. The van der Waals surface area contributed by atoms with E-state index in [0.29, 0.717) is 18.7 Å². The quantitative estimate of drug-likeness (QED) is 0.768. The molecule has 92 valence electrons. The predicted molar refractivity (Wildman–Crippen MR) is 64.1 cm³/mol. The maximum Gasteiger partial charge on any atom is 0.176 e. The number of phenols is 1. The summed E-state index contributed by atoms with van der Waals surface area (Å²) in [5, 5.41) is 18.7. The van der Waals surface area contributed by atoms with Crippen LogP contribution in [0.4, 0.5) is 0 Å². The highest BCUT2D eigenvalue weighted by Crippen LogP contribution is 2.13. The lowest BCUT2D eigenvalue weighted by Crippen LogP contribution is -2.41. The van der Waals surface area contributed by atoms with Crippen LogP contribution in [0.15, 0.2) is 24.3 Å². The first kappa shape index (κ1) is 12.1. The van der Waals surface area contributed by atoms with Gasteiger partial charge in [-0.3, -0.25) is 9.69 Å². The van der Waals surface area contributed by atoms with Crippen LogP contribution < -0.4 is 0 Å². The van der Waals surface area contributed by atoms with Gasteiger partial charge in [-0.2, -0.15) is 0 Å². The first-order valence-electron chi connectivity index (χ1n) is 5.88. The van der Waals surface area contributed by atoms with Gasteiger partial charge >= 0.3 is 0 Å². The Morgan fingerprint density at radius 2 is 2.06 bits per heavy atom. The van der Waals surface area contributed by atoms with Crippen molar-refractivity contribution in [3.8, 4) is 5.75 Å².